The monoisotopic (exact) mass is 423 g/mol. The van der Waals surface area contributed by atoms with Crippen LogP contribution in [-0.2, 0) is 21.0 Å². The lowest BCUT2D eigenvalue weighted by atomic mass is 10.1. The van der Waals surface area contributed by atoms with E-state index >= 15 is 0 Å². The van der Waals surface area contributed by atoms with Crippen molar-refractivity contribution in [1.82, 2.24) is 5.32 Å². The van der Waals surface area contributed by atoms with E-state index in [1.165, 1.54) is 30.3 Å². The van der Waals surface area contributed by atoms with Crippen molar-refractivity contribution in [2.45, 2.75) is 17.5 Å². The van der Waals surface area contributed by atoms with E-state index in [1.807, 2.05) is 6.07 Å². The van der Waals surface area contributed by atoms with Gasteiger partial charge in [0.2, 0.25) is 5.91 Å². The molecule has 0 aliphatic rings. The van der Waals surface area contributed by atoms with Gasteiger partial charge in [-0.1, -0.05) is 24.3 Å². The molecule has 0 heterocycles. The van der Waals surface area contributed by atoms with Gasteiger partial charge in [-0.25, -0.2) is 8.42 Å². The molecule has 152 valence electrons. The lowest BCUT2D eigenvalue weighted by Gasteiger charge is -2.14. The molecule has 0 radical (unpaired) electrons. The van der Waals surface area contributed by atoms with Crippen LogP contribution in [0.15, 0.2) is 59.5 Å². The van der Waals surface area contributed by atoms with E-state index in [4.69, 9.17) is 5.26 Å². The highest BCUT2D eigenvalue weighted by Gasteiger charge is 2.31. The number of alkyl halides is 3. The molecule has 10 heteroatoms. The van der Waals surface area contributed by atoms with Crippen LogP contribution in [0.5, 0.6) is 0 Å². The summed E-state index contributed by atoms with van der Waals surface area (Å²) in [6.07, 6.45) is -2.35. The molecule has 0 aromatic heterocycles. The zero-order chi connectivity index (χ0) is 21.5. The molecular formula is C19H16F3N3O3S. The van der Waals surface area contributed by atoms with E-state index in [0.29, 0.717) is 6.07 Å². The van der Waals surface area contributed by atoms with E-state index < -0.39 is 27.7 Å². The third-order valence-corrected chi connectivity index (χ3v) is 5.01. The second-order valence-corrected chi connectivity index (χ2v) is 7.43. The first kappa shape index (κ1) is 22.0. The molecule has 1 amide bonds. The predicted octanol–water partition coefficient (Wildman–Crippen LogP) is 3.55. The lowest BCUT2D eigenvalue weighted by molar-refractivity contribution is -0.137. The van der Waals surface area contributed by atoms with Crippen molar-refractivity contribution in [3.63, 3.8) is 0 Å². The van der Waals surface area contributed by atoms with Crippen molar-refractivity contribution < 1.29 is 26.4 Å². The van der Waals surface area contributed by atoms with Crippen molar-refractivity contribution in [3.05, 3.63) is 65.7 Å². The zero-order valence-corrected chi connectivity index (χ0v) is 15.7. The van der Waals surface area contributed by atoms with E-state index in [2.05, 4.69) is 10.0 Å². The van der Waals surface area contributed by atoms with Crippen LogP contribution in [0.1, 0.15) is 17.5 Å². The molecule has 6 nitrogen and oxygen atoms in total. The van der Waals surface area contributed by atoms with Crippen molar-refractivity contribution in [3.8, 4) is 6.07 Å². The summed E-state index contributed by atoms with van der Waals surface area (Å²) in [5.74, 6) is -0.572. The number of nitriles is 1. The molecule has 0 spiro atoms. The highest BCUT2D eigenvalue weighted by molar-refractivity contribution is 7.92. The van der Waals surface area contributed by atoms with Crippen molar-refractivity contribution in [1.29, 1.82) is 5.26 Å². The summed E-state index contributed by atoms with van der Waals surface area (Å²) in [4.78, 5) is 11.6. The fourth-order valence-corrected chi connectivity index (χ4v) is 3.34. The van der Waals surface area contributed by atoms with Crippen LogP contribution in [0.3, 0.4) is 0 Å². The number of hydrogen-bond acceptors (Lipinski definition) is 4. The number of halogens is 3. The molecule has 0 fully saturated rings. The number of nitrogens with one attached hydrogen (secondary N) is 2. The Morgan fingerprint density at radius 2 is 1.83 bits per heavy atom. The summed E-state index contributed by atoms with van der Waals surface area (Å²) in [5.41, 5.74) is -1.31. The topological polar surface area (TPSA) is 99.1 Å². The number of rotatable bonds is 7. The number of anilines is 1. The first-order chi connectivity index (χ1) is 13.6. The molecule has 2 aromatic rings. The summed E-state index contributed by atoms with van der Waals surface area (Å²) >= 11 is 0. The SMILES string of the molecule is N#CCCNC(=O)/C=C/c1ccc(C(F)(F)F)cc1NS(=O)(=O)c1ccccc1. The summed E-state index contributed by atoms with van der Waals surface area (Å²) in [5, 5.41) is 10.9. The average molecular weight is 423 g/mol. The molecule has 0 aliphatic heterocycles. The maximum Gasteiger partial charge on any atom is 0.416 e. The number of carbonyl (C=O) groups is 1. The van der Waals surface area contributed by atoms with Crippen LogP contribution in [0.2, 0.25) is 0 Å². The Balaban J connectivity index is 2.37. The van der Waals surface area contributed by atoms with Gasteiger partial charge in [0.1, 0.15) is 0 Å². The highest BCUT2D eigenvalue weighted by atomic mass is 32.2. The normalized spacial score (nSPS) is 11.8. The summed E-state index contributed by atoms with van der Waals surface area (Å²) < 4.78 is 66.3. The van der Waals surface area contributed by atoms with Gasteiger partial charge in [0.15, 0.2) is 0 Å². The molecule has 0 saturated carbocycles. The Labute approximate surface area is 165 Å². The number of sulfonamides is 1. The third kappa shape index (κ3) is 6.36. The van der Waals surface area contributed by atoms with Gasteiger partial charge in [-0.05, 0) is 35.9 Å². The van der Waals surface area contributed by atoms with E-state index in [-0.39, 0.29) is 29.1 Å². The van der Waals surface area contributed by atoms with Crippen molar-refractivity contribution >= 4 is 27.7 Å². The molecule has 0 bridgehead atoms. The van der Waals surface area contributed by atoms with Gasteiger partial charge in [-0.3, -0.25) is 9.52 Å². The van der Waals surface area contributed by atoms with Crippen LogP contribution in [0, 0.1) is 11.3 Å². The summed E-state index contributed by atoms with van der Waals surface area (Å²) in [6.45, 7) is 0.111. The summed E-state index contributed by atoms with van der Waals surface area (Å²) in [6, 6.07) is 11.5. The minimum absolute atomic E-state index is 0.0629. The van der Waals surface area contributed by atoms with E-state index in [9.17, 15) is 26.4 Å². The standard InChI is InChI=1S/C19H16F3N3O3S/c20-19(21,22)15-9-7-14(8-10-18(26)24-12-4-11-23)17(13-15)25-29(27,28)16-5-2-1-3-6-16/h1-3,5-10,13,25H,4,12H2,(H,24,26)/b10-8+. The molecule has 0 unspecified atom stereocenters. The minimum atomic E-state index is -4.68. The van der Waals surface area contributed by atoms with Crippen LogP contribution in [0.4, 0.5) is 18.9 Å². The fourth-order valence-electron chi connectivity index (χ4n) is 2.24. The molecule has 0 aliphatic carbocycles. The second-order valence-electron chi connectivity index (χ2n) is 5.75. The predicted molar refractivity (Wildman–Crippen MR) is 101 cm³/mol. The van der Waals surface area contributed by atoms with Gasteiger partial charge in [0.05, 0.1) is 28.6 Å². The molecule has 2 rings (SSSR count). The first-order valence-electron chi connectivity index (χ1n) is 8.25. The number of nitrogens with zero attached hydrogens (tertiary/aromatic N) is 1. The van der Waals surface area contributed by atoms with Gasteiger partial charge < -0.3 is 5.32 Å². The van der Waals surface area contributed by atoms with Crippen LogP contribution in [0.25, 0.3) is 6.08 Å². The number of hydrogen-bond donors (Lipinski definition) is 2. The number of amides is 1. The van der Waals surface area contributed by atoms with Crippen LogP contribution in [-0.4, -0.2) is 20.9 Å². The highest BCUT2D eigenvalue weighted by Crippen LogP contribution is 2.33. The van der Waals surface area contributed by atoms with Gasteiger partial charge >= 0.3 is 6.18 Å². The average Bonchev–Trinajstić information content (AvgIpc) is 2.67. The molecule has 0 saturated heterocycles. The van der Waals surface area contributed by atoms with Crippen LogP contribution < -0.4 is 10.0 Å². The van der Waals surface area contributed by atoms with Gasteiger partial charge in [0, 0.05) is 12.6 Å². The van der Waals surface area contributed by atoms with Crippen molar-refractivity contribution in [2.75, 3.05) is 11.3 Å². The molecule has 2 N–H and O–H groups in total. The second kappa shape index (κ2) is 9.25. The molecule has 2 aromatic carbocycles. The Hall–Kier alpha value is -3.32. The zero-order valence-electron chi connectivity index (χ0n) is 14.9. The maximum atomic E-state index is 13.1. The minimum Gasteiger partial charge on any atom is -0.352 e. The maximum absolute atomic E-state index is 13.1. The quantitative estimate of drug-likeness (QED) is 0.526. The largest absolute Gasteiger partial charge is 0.416 e. The van der Waals surface area contributed by atoms with Gasteiger partial charge in [-0.15, -0.1) is 0 Å². The van der Waals surface area contributed by atoms with Crippen molar-refractivity contribution in [2.24, 2.45) is 0 Å². The fraction of sp³-hybridized carbons (Fsp3) is 0.158. The Kier molecular flexibility index (Phi) is 7.01. The van der Waals surface area contributed by atoms with Crippen LogP contribution >= 0.6 is 0 Å². The molecule has 0 atom stereocenters. The Morgan fingerprint density at radius 3 is 2.45 bits per heavy atom. The van der Waals surface area contributed by atoms with E-state index in [1.54, 1.807) is 6.07 Å². The van der Waals surface area contributed by atoms with Gasteiger partial charge in [0.25, 0.3) is 10.0 Å². The Morgan fingerprint density at radius 1 is 1.14 bits per heavy atom. The van der Waals surface area contributed by atoms with Gasteiger partial charge in [-0.2, -0.15) is 18.4 Å². The summed E-state index contributed by atoms with van der Waals surface area (Å²) in [7, 11) is -4.14. The smallest absolute Gasteiger partial charge is 0.352 e. The van der Waals surface area contributed by atoms with E-state index in [0.717, 1.165) is 18.2 Å². The molecule has 29 heavy (non-hydrogen) atoms. The first-order valence-corrected chi connectivity index (χ1v) is 9.74. The third-order valence-electron chi connectivity index (χ3n) is 3.63. The number of carbonyl (C=O) groups excluding carboxylic acids is 1. The Bertz CT molecular complexity index is 1040. The molecular weight excluding hydrogens is 407 g/mol. The number of benzene rings is 2. The lowest BCUT2D eigenvalue weighted by Crippen LogP contribution is -2.21.